The minimum absolute atomic E-state index is 0.0889. The van der Waals surface area contributed by atoms with Crippen LogP contribution in [0.3, 0.4) is 0 Å². The summed E-state index contributed by atoms with van der Waals surface area (Å²) < 4.78 is 31.0. The van der Waals surface area contributed by atoms with Gasteiger partial charge in [0.05, 0.1) is 18.0 Å². The maximum atomic E-state index is 11.9. The zero-order valence-electron chi connectivity index (χ0n) is 9.47. The lowest BCUT2D eigenvalue weighted by molar-refractivity contribution is 0.0257. The third-order valence-corrected chi connectivity index (χ3v) is 5.58. The van der Waals surface area contributed by atoms with Crippen molar-refractivity contribution in [3.63, 3.8) is 0 Å². The molecular weight excluding hydrogens is 228 g/mol. The average molecular weight is 248 g/mol. The number of rotatable bonds is 5. The number of sulfonamides is 1. The Morgan fingerprint density at radius 3 is 2.31 bits per heavy atom. The van der Waals surface area contributed by atoms with E-state index in [9.17, 15) is 8.42 Å². The van der Waals surface area contributed by atoms with Gasteiger partial charge in [-0.25, -0.2) is 12.7 Å². The van der Waals surface area contributed by atoms with E-state index in [4.69, 9.17) is 10.5 Å². The van der Waals surface area contributed by atoms with Crippen LogP contribution < -0.4 is 5.73 Å². The first kappa shape index (κ1) is 12.3. The molecule has 0 aromatic heterocycles. The number of hydrogen-bond acceptors (Lipinski definition) is 4. The quantitative estimate of drug-likeness (QED) is 0.738. The van der Waals surface area contributed by atoms with Gasteiger partial charge < -0.3 is 10.5 Å². The molecule has 2 fully saturated rings. The van der Waals surface area contributed by atoms with E-state index < -0.39 is 10.0 Å². The normalized spacial score (nSPS) is 24.8. The first-order chi connectivity index (χ1) is 7.64. The van der Waals surface area contributed by atoms with Gasteiger partial charge in [-0.1, -0.05) is 0 Å². The molecule has 94 valence electrons. The Hall–Kier alpha value is -0.170. The number of hydrogen-bond donors (Lipinski definition) is 1. The van der Waals surface area contributed by atoms with Crippen LogP contribution in [0.2, 0.25) is 0 Å². The van der Waals surface area contributed by atoms with Gasteiger partial charge in [0.15, 0.2) is 0 Å². The minimum Gasteiger partial charge on any atom is -0.377 e. The molecule has 0 unspecified atom stereocenters. The van der Waals surface area contributed by atoms with Crippen molar-refractivity contribution in [1.82, 2.24) is 4.31 Å². The maximum absolute atomic E-state index is 11.9. The molecule has 1 aliphatic heterocycles. The third-order valence-electron chi connectivity index (χ3n) is 3.18. The van der Waals surface area contributed by atoms with Gasteiger partial charge >= 0.3 is 0 Å². The molecule has 0 atom stereocenters. The molecule has 0 spiro atoms. The summed E-state index contributed by atoms with van der Waals surface area (Å²) in [5, 5.41) is -0.0889. The van der Waals surface area contributed by atoms with Crippen LogP contribution in [0.4, 0.5) is 0 Å². The lowest BCUT2D eigenvalue weighted by Gasteiger charge is -2.31. The van der Waals surface area contributed by atoms with Crippen molar-refractivity contribution in [2.45, 2.75) is 37.0 Å². The molecule has 16 heavy (non-hydrogen) atoms. The maximum Gasteiger partial charge on any atom is 0.216 e. The van der Waals surface area contributed by atoms with Crippen molar-refractivity contribution in [1.29, 1.82) is 0 Å². The molecule has 1 saturated carbocycles. The molecule has 2 aliphatic rings. The Morgan fingerprint density at radius 1 is 1.19 bits per heavy atom. The van der Waals surface area contributed by atoms with Crippen LogP contribution in [-0.4, -0.2) is 50.3 Å². The van der Waals surface area contributed by atoms with Gasteiger partial charge in [-0.15, -0.1) is 0 Å². The molecular formula is C10H20N2O3S. The van der Waals surface area contributed by atoms with E-state index in [2.05, 4.69) is 0 Å². The summed E-state index contributed by atoms with van der Waals surface area (Å²) in [6.45, 7) is 2.31. The predicted molar refractivity (Wildman–Crippen MR) is 61.5 cm³/mol. The Labute approximate surface area is 97.0 Å². The fraction of sp³-hybridized carbons (Fsp3) is 1.00. The van der Waals surface area contributed by atoms with Gasteiger partial charge in [-0.3, -0.25) is 0 Å². The summed E-state index contributed by atoms with van der Waals surface area (Å²) in [5.41, 5.74) is 5.36. The molecule has 6 heteroatoms. The van der Waals surface area contributed by atoms with E-state index in [1.54, 1.807) is 4.31 Å². The molecule has 1 heterocycles. The zero-order chi connectivity index (χ0) is 11.6. The Bertz CT molecular complexity index is 319. The van der Waals surface area contributed by atoms with E-state index in [0.717, 1.165) is 25.7 Å². The number of ether oxygens (including phenoxy) is 1. The van der Waals surface area contributed by atoms with Crippen molar-refractivity contribution >= 4 is 10.0 Å². The molecule has 2 N–H and O–H groups in total. The van der Waals surface area contributed by atoms with Crippen LogP contribution in [0.5, 0.6) is 0 Å². The highest BCUT2D eigenvalue weighted by Gasteiger charge is 2.41. The summed E-state index contributed by atoms with van der Waals surface area (Å²) in [7, 11) is -2.98. The van der Waals surface area contributed by atoms with E-state index in [0.29, 0.717) is 26.2 Å². The van der Waals surface area contributed by atoms with Crippen LogP contribution in [0.25, 0.3) is 0 Å². The van der Waals surface area contributed by atoms with Crippen LogP contribution in [-0.2, 0) is 14.8 Å². The Morgan fingerprint density at radius 2 is 1.81 bits per heavy atom. The van der Waals surface area contributed by atoms with E-state index in [1.165, 1.54) is 0 Å². The minimum atomic E-state index is -2.98. The summed E-state index contributed by atoms with van der Waals surface area (Å²) >= 11 is 0. The number of piperidine rings is 1. The summed E-state index contributed by atoms with van der Waals surface area (Å²) in [6.07, 6.45) is 3.46. The summed E-state index contributed by atoms with van der Waals surface area (Å²) in [4.78, 5) is 0. The average Bonchev–Trinajstić information content (AvgIpc) is 3.11. The molecule has 1 saturated heterocycles. The highest BCUT2D eigenvalue weighted by Crippen LogP contribution is 2.32. The molecule has 1 aliphatic carbocycles. The smallest absolute Gasteiger partial charge is 0.216 e. The van der Waals surface area contributed by atoms with Gasteiger partial charge in [0, 0.05) is 19.6 Å². The lowest BCUT2D eigenvalue weighted by Crippen LogP contribution is -2.42. The van der Waals surface area contributed by atoms with Gasteiger partial charge in [0.2, 0.25) is 10.0 Å². The van der Waals surface area contributed by atoms with Crippen LogP contribution in [0, 0.1) is 0 Å². The van der Waals surface area contributed by atoms with Crippen LogP contribution in [0.1, 0.15) is 25.7 Å². The summed E-state index contributed by atoms with van der Waals surface area (Å²) in [6, 6.07) is 0. The van der Waals surface area contributed by atoms with Crippen molar-refractivity contribution in [3.8, 4) is 0 Å². The van der Waals surface area contributed by atoms with Gasteiger partial charge in [-0.2, -0.15) is 0 Å². The van der Waals surface area contributed by atoms with Gasteiger partial charge in [0.25, 0.3) is 0 Å². The Balaban J connectivity index is 1.80. The standard InChI is InChI=1S/C10H20N2O3S/c11-5-8-15-9-3-6-12(7-4-9)16(13,14)10-1-2-10/h9-10H,1-8,11H2. The van der Waals surface area contributed by atoms with Gasteiger partial charge in [-0.05, 0) is 25.7 Å². The Kier molecular flexibility index (Phi) is 3.84. The second kappa shape index (κ2) is 5.00. The van der Waals surface area contributed by atoms with Crippen molar-refractivity contribution in [2.24, 2.45) is 5.73 Å². The fourth-order valence-corrected chi connectivity index (χ4v) is 3.94. The monoisotopic (exact) mass is 248 g/mol. The van der Waals surface area contributed by atoms with Crippen molar-refractivity contribution in [3.05, 3.63) is 0 Å². The van der Waals surface area contributed by atoms with E-state index in [-0.39, 0.29) is 11.4 Å². The molecule has 0 amide bonds. The molecule has 2 rings (SSSR count). The van der Waals surface area contributed by atoms with Crippen molar-refractivity contribution in [2.75, 3.05) is 26.2 Å². The number of nitrogens with two attached hydrogens (primary N) is 1. The largest absolute Gasteiger partial charge is 0.377 e. The first-order valence-corrected chi connectivity index (χ1v) is 7.45. The second-order valence-electron chi connectivity index (χ2n) is 4.50. The first-order valence-electron chi connectivity index (χ1n) is 5.95. The van der Waals surface area contributed by atoms with E-state index in [1.807, 2.05) is 0 Å². The second-order valence-corrected chi connectivity index (χ2v) is 6.72. The molecule has 0 aromatic rings. The van der Waals surface area contributed by atoms with Crippen LogP contribution in [0.15, 0.2) is 0 Å². The fourth-order valence-electron chi connectivity index (χ4n) is 2.06. The molecule has 0 aromatic carbocycles. The van der Waals surface area contributed by atoms with Gasteiger partial charge in [0.1, 0.15) is 0 Å². The zero-order valence-corrected chi connectivity index (χ0v) is 10.3. The number of nitrogens with zero attached hydrogens (tertiary/aromatic N) is 1. The SMILES string of the molecule is NCCOC1CCN(S(=O)(=O)C2CC2)CC1. The van der Waals surface area contributed by atoms with Crippen molar-refractivity contribution < 1.29 is 13.2 Å². The van der Waals surface area contributed by atoms with E-state index >= 15 is 0 Å². The topological polar surface area (TPSA) is 72.6 Å². The molecule has 0 radical (unpaired) electrons. The predicted octanol–water partition coefficient (Wildman–Crippen LogP) is -0.0817. The molecule has 0 bridgehead atoms. The van der Waals surface area contributed by atoms with Crippen LogP contribution >= 0.6 is 0 Å². The molecule has 5 nitrogen and oxygen atoms in total. The highest BCUT2D eigenvalue weighted by atomic mass is 32.2. The highest BCUT2D eigenvalue weighted by molar-refractivity contribution is 7.90. The summed E-state index contributed by atoms with van der Waals surface area (Å²) in [5.74, 6) is 0. The third kappa shape index (κ3) is 2.74. The lowest BCUT2D eigenvalue weighted by atomic mass is 10.1.